The maximum atomic E-state index is 12.8. The van der Waals surface area contributed by atoms with E-state index in [1.165, 1.54) is 0 Å². The molecular weight excluding hydrogens is 342 g/mol. The number of benzene rings is 1. The number of nitrogens with zero attached hydrogens (tertiary/aromatic N) is 1. The molecule has 1 aromatic carbocycles. The Bertz CT molecular complexity index is 817. The number of rotatable bonds is 6. The summed E-state index contributed by atoms with van der Waals surface area (Å²) in [7, 11) is 1.66. The number of nitrogens with one attached hydrogen (secondary N) is 2. The summed E-state index contributed by atoms with van der Waals surface area (Å²) >= 11 is 0. The van der Waals surface area contributed by atoms with Crippen LogP contribution in [-0.2, 0) is 4.74 Å². The molecule has 1 amide bonds. The summed E-state index contributed by atoms with van der Waals surface area (Å²) in [5, 5.41) is 16.1. The van der Waals surface area contributed by atoms with Crippen molar-refractivity contribution >= 4 is 5.91 Å². The summed E-state index contributed by atoms with van der Waals surface area (Å²) in [5.74, 6) is 0.778. The van der Waals surface area contributed by atoms with Crippen molar-refractivity contribution in [1.29, 1.82) is 0 Å². The third kappa shape index (κ3) is 3.60. The highest BCUT2D eigenvalue weighted by Gasteiger charge is 2.54. The van der Waals surface area contributed by atoms with Gasteiger partial charge in [0.1, 0.15) is 6.23 Å². The Balaban J connectivity index is 1.61. The lowest BCUT2D eigenvalue weighted by atomic mass is 9.95. The fourth-order valence-electron chi connectivity index (χ4n) is 3.82. The highest BCUT2D eigenvalue weighted by Crippen LogP contribution is 2.44. The molecule has 0 spiro atoms. The Morgan fingerprint density at radius 1 is 1.19 bits per heavy atom. The number of amides is 1. The smallest absolute Gasteiger partial charge is 0.251 e. The van der Waals surface area contributed by atoms with E-state index in [0.29, 0.717) is 23.1 Å². The van der Waals surface area contributed by atoms with Crippen LogP contribution in [0.5, 0.6) is 0 Å². The van der Waals surface area contributed by atoms with Crippen LogP contribution in [0.15, 0.2) is 42.5 Å². The zero-order chi connectivity index (χ0) is 19.0. The average molecular weight is 367 g/mol. The van der Waals surface area contributed by atoms with Crippen molar-refractivity contribution in [3.63, 3.8) is 0 Å². The predicted molar refractivity (Wildman–Crippen MR) is 101 cm³/mol. The van der Waals surface area contributed by atoms with Gasteiger partial charge in [-0.3, -0.25) is 15.1 Å². The Morgan fingerprint density at radius 2 is 1.85 bits per heavy atom. The number of aliphatic hydroxyl groups excluding tert-OH is 1. The molecule has 6 nitrogen and oxygen atoms in total. The van der Waals surface area contributed by atoms with Crippen molar-refractivity contribution in [3.05, 3.63) is 65.0 Å². The number of pyridine rings is 1. The van der Waals surface area contributed by atoms with Crippen LogP contribution in [0.3, 0.4) is 0 Å². The molecule has 6 heteroatoms. The largest absolute Gasteiger partial charge is 0.381 e. The molecule has 27 heavy (non-hydrogen) atoms. The van der Waals surface area contributed by atoms with Gasteiger partial charge < -0.3 is 15.2 Å². The van der Waals surface area contributed by atoms with Gasteiger partial charge >= 0.3 is 0 Å². The maximum absolute atomic E-state index is 12.8. The Hall–Kier alpha value is -2.28. The molecule has 142 valence electrons. The van der Waals surface area contributed by atoms with Gasteiger partial charge in [0.15, 0.2) is 0 Å². The second kappa shape index (κ2) is 7.38. The number of aromatic nitrogens is 1. The van der Waals surface area contributed by atoms with Gasteiger partial charge in [-0.05, 0) is 24.7 Å². The van der Waals surface area contributed by atoms with E-state index < -0.39 is 6.23 Å². The lowest BCUT2D eigenvalue weighted by Gasteiger charge is -2.17. The molecule has 1 aliphatic carbocycles. The first kappa shape index (κ1) is 18.1. The monoisotopic (exact) mass is 367 g/mol. The van der Waals surface area contributed by atoms with E-state index in [1.54, 1.807) is 13.1 Å². The summed E-state index contributed by atoms with van der Waals surface area (Å²) in [6, 6.07) is 13.7. The van der Waals surface area contributed by atoms with Crippen molar-refractivity contribution in [2.75, 3.05) is 20.3 Å². The third-order valence-electron chi connectivity index (χ3n) is 5.67. The molecule has 2 aliphatic rings. The van der Waals surface area contributed by atoms with E-state index in [2.05, 4.69) is 22.5 Å². The van der Waals surface area contributed by atoms with Crippen molar-refractivity contribution in [3.8, 4) is 0 Å². The number of fused-ring (bicyclic) bond motifs is 1. The molecule has 1 saturated carbocycles. The van der Waals surface area contributed by atoms with E-state index in [4.69, 9.17) is 4.74 Å². The summed E-state index contributed by atoms with van der Waals surface area (Å²) in [4.78, 5) is 17.4. The first-order valence-electron chi connectivity index (χ1n) is 9.39. The third-order valence-corrected chi connectivity index (χ3v) is 5.67. The van der Waals surface area contributed by atoms with Crippen LogP contribution < -0.4 is 10.6 Å². The van der Waals surface area contributed by atoms with Crippen molar-refractivity contribution < 1.29 is 14.6 Å². The van der Waals surface area contributed by atoms with E-state index >= 15 is 0 Å². The first-order chi connectivity index (χ1) is 13.1. The Kier molecular flexibility index (Phi) is 4.95. The van der Waals surface area contributed by atoms with Gasteiger partial charge in [0.05, 0.1) is 18.9 Å². The Labute approximate surface area is 159 Å². The van der Waals surface area contributed by atoms with Gasteiger partial charge in [0, 0.05) is 35.1 Å². The molecular formula is C21H25N3O3. The highest BCUT2D eigenvalue weighted by atomic mass is 16.5. The number of ether oxygens (including phenoxy) is 1. The Morgan fingerprint density at radius 3 is 2.52 bits per heavy atom. The molecule has 2 heterocycles. The van der Waals surface area contributed by atoms with E-state index in [0.717, 1.165) is 24.5 Å². The summed E-state index contributed by atoms with van der Waals surface area (Å²) in [6.07, 6.45) is -0.923. The second-order valence-corrected chi connectivity index (χ2v) is 7.39. The number of carbonyl (C=O) groups is 1. The number of aliphatic hydroxyl groups is 1. The minimum Gasteiger partial charge on any atom is -0.381 e. The maximum Gasteiger partial charge on any atom is 0.251 e. The van der Waals surface area contributed by atoms with Gasteiger partial charge in [-0.25, -0.2) is 0 Å². The SMILES string of the molecule is CNC(O)c1cc(C(=O)NC2[C@H]3COC[C@@H]23)cc(C(C)c2ccccc2)n1. The molecule has 1 aliphatic heterocycles. The molecule has 3 unspecified atom stereocenters. The van der Waals surface area contributed by atoms with Crippen LogP contribution >= 0.6 is 0 Å². The zero-order valence-corrected chi connectivity index (χ0v) is 15.6. The minimum atomic E-state index is -0.923. The van der Waals surface area contributed by atoms with Crippen LogP contribution in [-0.4, -0.2) is 42.3 Å². The number of hydrogen-bond acceptors (Lipinski definition) is 5. The molecule has 2 aromatic rings. The lowest BCUT2D eigenvalue weighted by Crippen LogP contribution is -2.30. The molecule has 0 radical (unpaired) electrons. The van der Waals surface area contributed by atoms with Crippen LogP contribution in [0.2, 0.25) is 0 Å². The van der Waals surface area contributed by atoms with E-state index in [9.17, 15) is 9.90 Å². The van der Waals surface area contributed by atoms with Crippen molar-refractivity contribution in [2.45, 2.75) is 25.1 Å². The second-order valence-electron chi connectivity index (χ2n) is 7.39. The number of carbonyl (C=O) groups excluding carboxylic acids is 1. The van der Waals surface area contributed by atoms with Crippen LogP contribution in [0.25, 0.3) is 0 Å². The van der Waals surface area contributed by atoms with E-state index in [1.807, 2.05) is 36.4 Å². The number of hydrogen-bond donors (Lipinski definition) is 3. The molecule has 2 fully saturated rings. The molecule has 5 atom stereocenters. The molecule has 1 saturated heterocycles. The van der Waals surface area contributed by atoms with Crippen molar-refractivity contribution in [1.82, 2.24) is 15.6 Å². The van der Waals surface area contributed by atoms with E-state index in [-0.39, 0.29) is 17.9 Å². The predicted octanol–water partition coefficient (Wildman–Crippen LogP) is 1.82. The van der Waals surface area contributed by atoms with Crippen LogP contribution in [0.1, 0.15) is 46.4 Å². The quantitative estimate of drug-likeness (QED) is 0.679. The fourth-order valence-corrected chi connectivity index (χ4v) is 3.82. The van der Waals surface area contributed by atoms with Gasteiger partial charge in [0.2, 0.25) is 0 Å². The normalized spacial score (nSPS) is 25.5. The molecule has 4 rings (SSSR count). The molecule has 3 N–H and O–H groups in total. The summed E-state index contributed by atoms with van der Waals surface area (Å²) < 4.78 is 5.39. The lowest BCUT2D eigenvalue weighted by molar-refractivity contribution is 0.0928. The topological polar surface area (TPSA) is 83.5 Å². The summed E-state index contributed by atoms with van der Waals surface area (Å²) in [6.45, 7) is 3.51. The van der Waals surface area contributed by atoms with Gasteiger partial charge in [-0.15, -0.1) is 0 Å². The van der Waals surface area contributed by atoms with Crippen LogP contribution in [0, 0.1) is 11.8 Å². The zero-order valence-electron chi connectivity index (χ0n) is 15.6. The van der Waals surface area contributed by atoms with Crippen molar-refractivity contribution in [2.24, 2.45) is 11.8 Å². The highest BCUT2D eigenvalue weighted by molar-refractivity contribution is 5.95. The minimum absolute atomic E-state index is 0.00969. The van der Waals surface area contributed by atoms with Gasteiger partial charge in [-0.2, -0.15) is 0 Å². The molecule has 0 bridgehead atoms. The first-order valence-corrected chi connectivity index (χ1v) is 9.39. The van der Waals surface area contributed by atoms with Crippen LogP contribution in [0.4, 0.5) is 0 Å². The average Bonchev–Trinajstić information content (AvgIpc) is 3.13. The fraction of sp³-hybridized carbons (Fsp3) is 0.429. The van der Waals surface area contributed by atoms with Gasteiger partial charge in [0.25, 0.3) is 5.91 Å². The summed E-state index contributed by atoms with van der Waals surface area (Å²) in [5.41, 5.74) is 2.85. The standard InChI is InChI=1S/C21H25N3O3/c1-12(13-6-4-3-5-7-13)17-8-14(9-18(23-17)21(26)22-2)20(25)24-19-15-10-27-11-16(15)19/h3-9,12,15-16,19,21-22,26H,10-11H2,1-2H3,(H,24,25)/t12?,15-,16+,19?,21?. The molecule has 1 aromatic heterocycles. The van der Waals surface area contributed by atoms with Gasteiger partial charge in [-0.1, -0.05) is 37.3 Å².